The minimum Gasteiger partial charge on any atom is -0.374 e. The number of sulfonamides is 1. The molecular weight excluding hydrogens is 336 g/mol. The van der Waals surface area contributed by atoms with Gasteiger partial charge in [0.1, 0.15) is 0 Å². The third-order valence-corrected chi connectivity index (χ3v) is 6.96. The maximum atomic E-state index is 13.0. The van der Waals surface area contributed by atoms with Crippen molar-refractivity contribution in [2.45, 2.75) is 17.7 Å². The fraction of sp³-hybridized carbons (Fsp3) is 0.316. The minimum atomic E-state index is -3.82. The summed E-state index contributed by atoms with van der Waals surface area (Å²) in [5.41, 5.74) is 2.91. The summed E-state index contributed by atoms with van der Waals surface area (Å²) >= 11 is 0. The number of carbonyl (C=O) groups is 1. The molecule has 2 atom stereocenters. The van der Waals surface area contributed by atoms with Gasteiger partial charge in [-0.25, -0.2) is 12.7 Å². The van der Waals surface area contributed by atoms with Crippen molar-refractivity contribution < 1.29 is 13.2 Å². The highest BCUT2D eigenvalue weighted by molar-refractivity contribution is 7.89. The van der Waals surface area contributed by atoms with Gasteiger partial charge < -0.3 is 4.90 Å². The minimum absolute atomic E-state index is 0.0207. The van der Waals surface area contributed by atoms with Crippen molar-refractivity contribution in [2.24, 2.45) is 5.92 Å². The number of hydrogen-bond acceptors (Lipinski definition) is 4. The highest BCUT2D eigenvalue weighted by Gasteiger charge is 2.49. The summed E-state index contributed by atoms with van der Waals surface area (Å²) in [4.78, 5) is 15.3. The Hall–Kier alpha value is -2.34. The number of hydrogen-bond donors (Lipinski definition) is 0. The molecule has 2 heterocycles. The van der Waals surface area contributed by atoms with Gasteiger partial charge in [-0.3, -0.25) is 4.79 Å². The standard InChI is InChI=1S/C19H20N2O3S/c1-13-7-9-15(10-8-13)25(23,24)21-12-14-11-20(2)17-6-4-3-5-16(17)18(14)19(21)22/h3-10,14,18H,11-12H2,1-2H3. The number of amides is 1. The average molecular weight is 356 g/mol. The predicted molar refractivity (Wildman–Crippen MR) is 96.0 cm³/mol. The van der Waals surface area contributed by atoms with Crippen molar-refractivity contribution >= 4 is 21.6 Å². The van der Waals surface area contributed by atoms with Crippen LogP contribution in [0.4, 0.5) is 5.69 Å². The van der Waals surface area contributed by atoms with Gasteiger partial charge in [-0.15, -0.1) is 0 Å². The van der Waals surface area contributed by atoms with Crippen LogP contribution in [0, 0.1) is 12.8 Å². The number of nitrogens with zero attached hydrogens (tertiary/aromatic N) is 2. The Bertz CT molecular complexity index is 937. The molecule has 2 unspecified atom stereocenters. The number of anilines is 1. The quantitative estimate of drug-likeness (QED) is 0.829. The maximum absolute atomic E-state index is 13.0. The zero-order valence-electron chi connectivity index (χ0n) is 14.2. The molecule has 0 spiro atoms. The lowest BCUT2D eigenvalue weighted by molar-refractivity contribution is -0.125. The largest absolute Gasteiger partial charge is 0.374 e. The first-order valence-corrected chi connectivity index (χ1v) is 9.77. The van der Waals surface area contributed by atoms with Gasteiger partial charge >= 0.3 is 0 Å². The van der Waals surface area contributed by atoms with E-state index in [2.05, 4.69) is 4.90 Å². The van der Waals surface area contributed by atoms with Crippen LogP contribution in [0.3, 0.4) is 0 Å². The Kier molecular flexibility index (Phi) is 3.61. The molecule has 2 aromatic rings. The fourth-order valence-electron chi connectivity index (χ4n) is 3.92. The molecule has 2 aliphatic heterocycles. The summed E-state index contributed by atoms with van der Waals surface area (Å²) < 4.78 is 27.0. The molecule has 4 rings (SSSR count). The molecule has 5 nitrogen and oxygen atoms in total. The van der Waals surface area contributed by atoms with E-state index in [1.807, 2.05) is 38.2 Å². The molecule has 1 saturated heterocycles. The Balaban J connectivity index is 1.74. The Morgan fingerprint density at radius 3 is 2.40 bits per heavy atom. The zero-order chi connectivity index (χ0) is 17.8. The number of benzene rings is 2. The van der Waals surface area contributed by atoms with Gasteiger partial charge in [0, 0.05) is 31.7 Å². The van der Waals surface area contributed by atoms with Gasteiger partial charge in [-0.2, -0.15) is 0 Å². The Morgan fingerprint density at radius 1 is 1.00 bits per heavy atom. The fourth-order valence-corrected chi connectivity index (χ4v) is 5.39. The summed E-state index contributed by atoms with van der Waals surface area (Å²) in [6, 6.07) is 14.4. The van der Waals surface area contributed by atoms with Crippen LogP contribution in [0.15, 0.2) is 53.4 Å². The lowest BCUT2D eigenvalue weighted by Crippen LogP contribution is -2.35. The van der Waals surface area contributed by atoms with Gasteiger partial charge in [-0.05, 0) is 30.7 Å². The first-order valence-electron chi connectivity index (χ1n) is 8.33. The van der Waals surface area contributed by atoms with Crippen molar-refractivity contribution in [1.29, 1.82) is 0 Å². The summed E-state index contributed by atoms with van der Waals surface area (Å²) in [5.74, 6) is -0.716. The monoisotopic (exact) mass is 356 g/mol. The summed E-state index contributed by atoms with van der Waals surface area (Å²) in [6.45, 7) is 2.81. The number of para-hydroxylation sites is 1. The van der Waals surface area contributed by atoms with Crippen LogP contribution in [-0.2, 0) is 14.8 Å². The molecule has 6 heteroatoms. The van der Waals surface area contributed by atoms with Crippen LogP contribution in [0.25, 0.3) is 0 Å². The lowest BCUT2D eigenvalue weighted by atomic mass is 9.83. The van der Waals surface area contributed by atoms with Gasteiger partial charge in [-0.1, -0.05) is 35.9 Å². The van der Waals surface area contributed by atoms with Crippen LogP contribution < -0.4 is 4.90 Å². The van der Waals surface area contributed by atoms with E-state index in [4.69, 9.17) is 0 Å². The summed E-state index contributed by atoms with van der Waals surface area (Å²) in [7, 11) is -1.83. The first-order chi connectivity index (χ1) is 11.9. The number of aryl methyl sites for hydroxylation is 1. The van der Waals surface area contributed by atoms with Crippen LogP contribution in [0.1, 0.15) is 17.0 Å². The second-order valence-electron chi connectivity index (χ2n) is 6.86. The molecule has 25 heavy (non-hydrogen) atoms. The first kappa shape index (κ1) is 16.1. The highest BCUT2D eigenvalue weighted by atomic mass is 32.2. The van der Waals surface area contributed by atoms with E-state index in [0.29, 0.717) is 6.54 Å². The Labute approximate surface area is 147 Å². The molecular formula is C19H20N2O3S. The van der Waals surface area contributed by atoms with Crippen molar-refractivity contribution in [2.75, 3.05) is 25.0 Å². The molecule has 1 fully saturated rings. The SMILES string of the molecule is Cc1ccc(S(=O)(=O)N2CC3CN(C)c4ccccc4C3C2=O)cc1. The third-order valence-electron chi connectivity index (χ3n) is 5.18. The zero-order valence-corrected chi connectivity index (χ0v) is 15.0. The number of fused-ring (bicyclic) bond motifs is 3. The Morgan fingerprint density at radius 2 is 1.68 bits per heavy atom. The van der Waals surface area contributed by atoms with E-state index in [0.717, 1.165) is 21.1 Å². The predicted octanol–water partition coefficient (Wildman–Crippen LogP) is 2.38. The average Bonchev–Trinajstić information content (AvgIpc) is 2.93. The number of carbonyl (C=O) groups excluding carboxylic acids is 1. The second-order valence-corrected chi connectivity index (χ2v) is 8.73. The normalized spacial score (nSPS) is 22.7. The van der Waals surface area contributed by atoms with Crippen molar-refractivity contribution in [3.8, 4) is 0 Å². The van der Waals surface area contributed by atoms with Crippen molar-refractivity contribution in [3.05, 3.63) is 59.7 Å². The number of rotatable bonds is 2. The van der Waals surface area contributed by atoms with E-state index in [9.17, 15) is 13.2 Å². The molecule has 1 amide bonds. The molecule has 130 valence electrons. The van der Waals surface area contributed by atoms with Gasteiger partial charge in [0.15, 0.2) is 0 Å². The van der Waals surface area contributed by atoms with Crippen LogP contribution in [-0.4, -0.2) is 38.8 Å². The van der Waals surface area contributed by atoms with Crippen LogP contribution in [0.5, 0.6) is 0 Å². The molecule has 2 aromatic carbocycles. The third kappa shape index (κ3) is 2.43. The molecule has 0 saturated carbocycles. The summed E-state index contributed by atoms with van der Waals surface area (Å²) in [5, 5.41) is 0. The molecule has 0 radical (unpaired) electrons. The molecule has 0 bridgehead atoms. The van der Waals surface area contributed by atoms with E-state index in [1.165, 1.54) is 0 Å². The lowest BCUT2D eigenvalue weighted by Gasteiger charge is -2.34. The van der Waals surface area contributed by atoms with Crippen LogP contribution >= 0.6 is 0 Å². The summed E-state index contributed by atoms with van der Waals surface area (Å²) in [6.07, 6.45) is 0. The molecule has 0 aliphatic carbocycles. The topological polar surface area (TPSA) is 57.7 Å². The smallest absolute Gasteiger partial charge is 0.266 e. The van der Waals surface area contributed by atoms with Crippen LogP contribution in [0.2, 0.25) is 0 Å². The van der Waals surface area contributed by atoms with E-state index in [1.54, 1.807) is 24.3 Å². The highest BCUT2D eigenvalue weighted by Crippen LogP contribution is 2.44. The molecule has 2 aliphatic rings. The van der Waals surface area contributed by atoms with Gasteiger partial charge in [0.05, 0.1) is 10.8 Å². The second kappa shape index (κ2) is 5.59. The van der Waals surface area contributed by atoms with E-state index in [-0.39, 0.29) is 29.2 Å². The van der Waals surface area contributed by atoms with Gasteiger partial charge in [0.2, 0.25) is 5.91 Å². The maximum Gasteiger partial charge on any atom is 0.266 e. The van der Waals surface area contributed by atoms with E-state index >= 15 is 0 Å². The van der Waals surface area contributed by atoms with Crippen molar-refractivity contribution in [3.63, 3.8) is 0 Å². The molecule has 0 N–H and O–H groups in total. The molecule has 0 aromatic heterocycles. The van der Waals surface area contributed by atoms with Gasteiger partial charge in [0.25, 0.3) is 10.0 Å². The van der Waals surface area contributed by atoms with E-state index < -0.39 is 10.0 Å². The van der Waals surface area contributed by atoms with Crippen molar-refractivity contribution in [1.82, 2.24) is 4.31 Å².